The van der Waals surface area contributed by atoms with Crippen molar-refractivity contribution >= 4 is 18.0 Å². The molecule has 0 atom stereocenters. The lowest BCUT2D eigenvalue weighted by Gasteiger charge is -2.28. The fraction of sp³-hybridized carbons (Fsp3) is 0.444. The molecule has 180 valence electrons. The highest BCUT2D eigenvalue weighted by Crippen LogP contribution is 2.44. The maximum Gasteiger partial charge on any atom is 0.407 e. The largest absolute Gasteiger partial charge is 0.480 e. The topological polar surface area (TPSA) is 95.9 Å². The number of aliphatic carboxylic acids is 1. The predicted molar refractivity (Wildman–Crippen MR) is 128 cm³/mol. The number of nitrogens with one attached hydrogen (secondary N) is 1. The van der Waals surface area contributed by atoms with Crippen molar-refractivity contribution in [3.8, 4) is 11.1 Å². The first-order valence-electron chi connectivity index (χ1n) is 11.8. The van der Waals surface area contributed by atoms with Crippen molar-refractivity contribution in [2.75, 3.05) is 26.2 Å². The molecule has 2 aliphatic rings. The van der Waals surface area contributed by atoms with Gasteiger partial charge in [-0.3, -0.25) is 9.59 Å². The number of nitrogens with zero attached hydrogens (tertiary/aromatic N) is 1. The summed E-state index contributed by atoms with van der Waals surface area (Å²) in [7, 11) is 0. The van der Waals surface area contributed by atoms with Crippen LogP contribution in [-0.4, -0.2) is 54.2 Å². The molecule has 0 bridgehead atoms. The van der Waals surface area contributed by atoms with Crippen LogP contribution in [0, 0.1) is 11.3 Å². The molecule has 34 heavy (non-hydrogen) atoms. The van der Waals surface area contributed by atoms with E-state index < -0.39 is 17.5 Å². The molecular formula is C27H32N2O5. The maximum absolute atomic E-state index is 12.8. The van der Waals surface area contributed by atoms with Gasteiger partial charge in [-0.15, -0.1) is 0 Å². The zero-order chi connectivity index (χ0) is 24.3. The Morgan fingerprint density at radius 2 is 1.62 bits per heavy atom. The normalized spacial score (nSPS) is 14.8. The number of hydrogen-bond acceptors (Lipinski definition) is 4. The molecule has 0 saturated heterocycles. The number of carboxylic acid groups (broad SMARTS) is 1. The van der Waals surface area contributed by atoms with E-state index in [9.17, 15) is 14.4 Å². The van der Waals surface area contributed by atoms with Gasteiger partial charge < -0.3 is 20.1 Å². The van der Waals surface area contributed by atoms with E-state index >= 15 is 0 Å². The molecule has 0 spiro atoms. The molecule has 7 heteroatoms. The number of carbonyl (C=O) groups is 3. The summed E-state index contributed by atoms with van der Waals surface area (Å²) in [6, 6.07) is 16.3. The number of ether oxygens (including phenoxy) is 1. The molecule has 2 aromatic rings. The molecule has 0 heterocycles. The van der Waals surface area contributed by atoms with E-state index in [-0.39, 0.29) is 37.9 Å². The van der Waals surface area contributed by atoms with E-state index in [0.717, 1.165) is 24.0 Å². The quantitative estimate of drug-likeness (QED) is 0.548. The van der Waals surface area contributed by atoms with E-state index in [1.54, 1.807) is 0 Å². The van der Waals surface area contributed by atoms with Gasteiger partial charge in [0.15, 0.2) is 0 Å². The summed E-state index contributed by atoms with van der Waals surface area (Å²) in [4.78, 5) is 37.8. The third-order valence-electron chi connectivity index (χ3n) is 6.54. The number of carbonyl (C=O) groups excluding carboxylic acids is 2. The van der Waals surface area contributed by atoms with Crippen LogP contribution in [0.3, 0.4) is 0 Å². The van der Waals surface area contributed by atoms with Crippen LogP contribution < -0.4 is 5.32 Å². The highest BCUT2D eigenvalue weighted by Gasteiger charge is 2.32. The predicted octanol–water partition coefficient (Wildman–Crippen LogP) is 4.26. The third kappa shape index (κ3) is 5.76. The van der Waals surface area contributed by atoms with Gasteiger partial charge >= 0.3 is 12.1 Å². The Kier molecular flexibility index (Phi) is 6.91. The van der Waals surface area contributed by atoms with E-state index in [1.165, 1.54) is 16.0 Å². The molecule has 7 nitrogen and oxygen atoms in total. The van der Waals surface area contributed by atoms with Gasteiger partial charge in [-0.1, -0.05) is 62.4 Å². The van der Waals surface area contributed by atoms with Crippen molar-refractivity contribution in [3.63, 3.8) is 0 Å². The molecule has 0 aliphatic heterocycles. The zero-order valence-electron chi connectivity index (χ0n) is 19.8. The molecule has 2 aromatic carbocycles. The minimum Gasteiger partial charge on any atom is -0.480 e. The van der Waals surface area contributed by atoms with Crippen molar-refractivity contribution in [3.05, 3.63) is 59.7 Å². The number of fused-ring (bicyclic) bond motifs is 3. The van der Waals surface area contributed by atoms with Crippen LogP contribution in [0.15, 0.2) is 48.5 Å². The van der Waals surface area contributed by atoms with Crippen LogP contribution in [0.4, 0.5) is 4.79 Å². The molecule has 0 radical (unpaired) electrons. The fourth-order valence-electron chi connectivity index (χ4n) is 4.57. The minimum absolute atomic E-state index is 0.0141. The SMILES string of the molecule is CC(C)(CNC(=O)OCC1c2ccccc2-c2ccccc21)CC(=O)N(CC(=O)O)CC1CC1. The minimum atomic E-state index is -1.01. The number of hydrogen-bond donors (Lipinski definition) is 2. The highest BCUT2D eigenvalue weighted by molar-refractivity contribution is 5.82. The molecule has 0 aromatic heterocycles. The highest BCUT2D eigenvalue weighted by atomic mass is 16.5. The summed E-state index contributed by atoms with van der Waals surface area (Å²) in [6.07, 6.45) is 1.70. The lowest BCUT2D eigenvalue weighted by molar-refractivity contribution is -0.145. The Morgan fingerprint density at radius 3 is 2.18 bits per heavy atom. The van der Waals surface area contributed by atoms with Gasteiger partial charge in [-0.05, 0) is 46.4 Å². The zero-order valence-corrected chi connectivity index (χ0v) is 19.8. The molecule has 1 fully saturated rings. The van der Waals surface area contributed by atoms with Crippen molar-refractivity contribution < 1.29 is 24.2 Å². The fourth-order valence-corrected chi connectivity index (χ4v) is 4.57. The number of benzene rings is 2. The van der Waals surface area contributed by atoms with E-state index in [4.69, 9.17) is 9.84 Å². The average molecular weight is 465 g/mol. The summed E-state index contributed by atoms with van der Waals surface area (Å²) >= 11 is 0. The smallest absolute Gasteiger partial charge is 0.407 e. The second kappa shape index (κ2) is 9.87. The van der Waals surface area contributed by atoms with Crippen molar-refractivity contribution in [1.82, 2.24) is 10.2 Å². The number of alkyl carbamates (subject to hydrolysis) is 1. The van der Waals surface area contributed by atoms with Crippen LogP contribution in [0.1, 0.15) is 50.2 Å². The molecular weight excluding hydrogens is 432 g/mol. The van der Waals surface area contributed by atoms with E-state index in [2.05, 4.69) is 29.6 Å². The van der Waals surface area contributed by atoms with E-state index in [1.807, 2.05) is 38.1 Å². The standard InChI is InChI=1S/C27H32N2O5/c1-27(2,13-24(30)29(15-25(31)32)14-18-11-12-18)17-28-26(33)34-16-23-21-9-5-3-7-19(21)20-8-4-6-10-22(20)23/h3-10,18,23H,11-17H2,1-2H3,(H,28,33)(H,31,32). The first-order chi connectivity index (χ1) is 16.2. The van der Waals surface area contributed by atoms with Gasteiger partial charge in [-0.2, -0.15) is 0 Å². The second-order valence-electron chi connectivity index (χ2n) is 10.1. The lowest BCUT2D eigenvalue weighted by Crippen LogP contribution is -2.42. The molecule has 0 unspecified atom stereocenters. The molecule has 2 aliphatic carbocycles. The average Bonchev–Trinajstić information content (AvgIpc) is 3.56. The van der Waals surface area contributed by atoms with Gasteiger partial charge in [0.1, 0.15) is 13.2 Å². The Hall–Kier alpha value is -3.35. The van der Waals surface area contributed by atoms with Gasteiger partial charge in [0.2, 0.25) is 5.91 Å². The molecule has 4 rings (SSSR count). The first kappa shape index (κ1) is 23.8. The summed E-state index contributed by atoms with van der Waals surface area (Å²) in [6.45, 7) is 4.44. The number of rotatable bonds is 10. The maximum atomic E-state index is 12.8. The molecule has 1 saturated carbocycles. The number of carboxylic acids is 1. The molecule has 2 N–H and O–H groups in total. The third-order valence-corrected chi connectivity index (χ3v) is 6.54. The van der Waals surface area contributed by atoms with Gasteiger partial charge in [0, 0.05) is 25.4 Å². The monoisotopic (exact) mass is 464 g/mol. The van der Waals surface area contributed by atoms with Crippen LogP contribution in [0.25, 0.3) is 11.1 Å². The van der Waals surface area contributed by atoms with Gasteiger partial charge in [-0.25, -0.2) is 4.79 Å². The van der Waals surface area contributed by atoms with Gasteiger partial charge in [0.05, 0.1) is 0 Å². The Labute approximate surface area is 200 Å². The van der Waals surface area contributed by atoms with Crippen LogP contribution in [-0.2, 0) is 14.3 Å². The first-order valence-corrected chi connectivity index (χ1v) is 11.8. The summed E-state index contributed by atoms with van der Waals surface area (Å²) < 4.78 is 5.58. The number of amides is 2. The second-order valence-corrected chi connectivity index (χ2v) is 10.1. The summed E-state index contributed by atoms with van der Waals surface area (Å²) in [5, 5.41) is 11.9. The van der Waals surface area contributed by atoms with Crippen LogP contribution in [0.5, 0.6) is 0 Å². The van der Waals surface area contributed by atoms with Crippen LogP contribution >= 0.6 is 0 Å². The van der Waals surface area contributed by atoms with Crippen molar-refractivity contribution in [2.24, 2.45) is 11.3 Å². The summed E-state index contributed by atoms with van der Waals surface area (Å²) in [5.74, 6) is -0.817. The summed E-state index contributed by atoms with van der Waals surface area (Å²) in [5.41, 5.74) is 4.10. The molecule has 2 amide bonds. The van der Waals surface area contributed by atoms with Crippen molar-refractivity contribution in [2.45, 2.75) is 39.0 Å². The van der Waals surface area contributed by atoms with E-state index in [0.29, 0.717) is 12.5 Å². The van der Waals surface area contributed by atoms with Crippen molar-refractivity contribution in [1.29, 1.82) is 0 Å². The Balaban J connectivity index is 1.29. The Morgan fingerprint density at radius 1 is 1.03 bits per heavy atom. The van der Waals surface area contributed by atoms with Crippen LogP contribution in [0.2, 0.25) is 0 Å². The Bertz CT molecular complexity index is 1030. The van der Waals surface area contributed by atoms with Gasteiger partial charge in [0.25, 0.3) is 0 Å². The lowest BCUT2D eigenvalue weighted by atomic mass is 9.88.